The molecule has 0 bridgehead atoms. The van der Waals surface area contributed by atoms with E-state index in [2.05, 4.69) is 20.5 Å². The zero-order valence-corrected chi connectivity index (χ0v) is 11.3. The Kier molecular flexibility index (Phi) is 5.03. The van der Waals surface area contributed by atoms with E-state index in [0.29, 0.717) is 12.2 Å². The molecule has 2 rings (SSSR count). The normalized spacial score (nSPS) is 11.8. The van der Waals surface area contributed by atoms with Crippen LogP contribution in [0.5, 0.6) is 0 Å². The Labute approximate surface area is 121 Å². The second-order valence-corrected chi connectivity index (χ2v) is 4.58. The van der Waals surface area contributed by atoms with E-state index in [1.54, 1.807) is 0 Å². The predicted molar refractivity (Wildman–Crippen MR) is 74.4 cm³/mol. The van der Waals surface area contributed by atoms with Crippen molar-refractivity contribution in [2.24, 2.45) is 0 Å². The smallest absolute Gasteiger partial charge is 0.326 e. The van der Waals surface area contributed by atoms with Gasteiger partial charge in [-0.25, -0.2) is 9.78 Å². The molecule has 1 heterocycles. The lowest BCUT2D eigenvalue weighted by Gasteiger charge is -2.14. The topological polar surface area (TPSA) is 108 Å². The Hall–Kier alpha value is -2.70. The van der Waals surface area contributed by atoms with Crippen molar-refractivity contribution in [1.29, 1.82) is 0 Å². The Morgan fingerprint density at radius 3 is 2.67 bits per heavy atom. The molecule has 2 aromatic rings. The summed E-state index contributed by atoms with van der Waals surface area (Å²) in [7, 11) is 0. The number of H-pyrrole nitrogens is 1. The van der Waals surface area contributed by atoms with Gasteiger partial charge in [-0.15, -0.1) is 0 Å². The lowest BCUT2D eigenvalue weighted by molar-refractivity contribution is -0.141. The summed E-state index contributed by atoms with van der Waals surface area (Å²) in [6.07, 6.45) is 2.17. The van der Waals surface area contributed by atoms with Crippen molar-refractivity contribution in [1.82, 2.24) is 20.5 Å². The molecule has 1 aromatic heterocycles. The van der Waals surface area contributed by atoms with E-state index in [9.17, 15) is 14.7 Å². The van der Waals surface area contributed by atoms with E-state index < -0.39 is 12.0 Å². The van der Waals surface area contributed by atoms with Gasteiger partial charge in [-0.3, -0.25) is 9.89 Å². The van der Waals surface area contributed by atoms with Crippen molar-refractivity contribution in [3.63, 3.8) is 0 Å². The molecule has 0 aliphatic rings. The van der Waals surface area contributed by atoms with Gasteiger partial charge >= 0.3 is 5.97 Å². The molecule has 0 spiro atoms. The van der Waals surface area contributed by atoms with Gasteiger partial charge in [0.2, 0.25) is 5.91 Å². The zero-order valence-electron chi connectivity index (χ0n) is 11.3. The molecule has 110 valence electrons. The molecular formula is C14H16N4O3. The molecule has 1 atom stereocenters. The second kappa shape index (κ2) is 7.18. The molecule has 0 saturated carbocycles. The Morgan fingerprint density at radius 2 is 2.05 bits per heavy atom. The summed E-state index contributed by atoms with van der Waals surface area (Å²) in [5.74, 6) is -0.776. The van der Waals surface area contributed by atoms with Crippen LogP contribution in [0.3, 0.4) is 0 Å². The number of hydrogen-bond acceptors (Lipinski definition) is 4. The van der Waals surface area contributed by atoms with Crippen LogP contribution in [-0.2, 0) is 22.4 Å². The maximum Gasteiger partial charge on any atom is 0.326 e. The van der Waals surface area contributed by atoms with Gasteiger partial charge in [0.15, 0.2) is 0 Å². The minimum Gasteiger partial charge on any atom is -0.480 e. The van der Waals surface area contributed by atoms with Gasteiger partial charge in [0, 0.05) is 19.3 Å². The van der Waals surface area contributed by atoms with Crippen LogP contribution in [0.1, 0.15) is 17.8 Å². The summed E-state index contributed by atoms with van der Waals surface area (Å²) < 4.78 is 0. The molecule has 3 N–H and O–H groups in total. The predicted octanol–water partition coefficient (Wildman–Crippen LogP) is 0.549. The number of nitrogens with one attached hydrogen (secondary N) is 2. The van der Waals surface area contributed by atoms with Gasteiger partial charge in [0.1, 0.15) is 18.2 Å². The number of aryl methyl sites for hydroxylation is 1. The van der Waals surface area contributed by atoms with Crippen LogP contribution in [0.2, 0.25) is 0 Å². The van der Waals surface area contributed by atoms with E-state index in [0.717, 1.165) is 5.56 Å². The first-order valence-electron chi connectivity index (χ1n) is 6.55. The summed E-state index contributed by atoms with van der Waals surface area (Å²) in [5.41, 5.74) is 0.862. The van der Waals surface area contributed by atoms with E-state index >= 15 is 0 Å². The van der Waals surface area contributed by atoms with E-state index in [1.807, 2.05) is 30.3 Å². The number of carboxylic acid groups (broad SMARTS) is 1. The number of benzene rings is 1. The number of amides is 1. The largest absolute Gasteiger partial charge is 0.480 e. The zero-order chi connectivity index (χ0) is 15.1. The highest BCUT2D eigenvalue weighted by Gasteiger charge is 2.20. The number of nitrogens with zero attached hydrogens (tertiary/aromatic N) is 2. The molecule has 7 nitrogen and oxygen atoms in total. The summed E-state index contributed by atoms with van der Waals surface area (Å²) >= 11 is 0. The molecule has 1 aromatic carbocycles. The van der Waals surface area contributed by atoms with Crippen LogP contribution in [0.15, 0.2) is 36.7 Å². The number of carbonyl (C=O) groups is 2. The van der Waals surface area contributed by atoms with E-state index in [4.69, 9.17) is 0 Å². The highest BCUT2D eigenvalue weighted by molar-refractivity contribution is 5.83. The first-order chi connectivity index (χ1) is 10.1. The van der Waals surface area contributed by atoms with Crippen molar-refractivity contribution >= 4 is 11.9 Å². The van der Waals surface area contributed by atoms with Gasteiger partial charge in [-0.2, -0.15) is 5.10 Å². The fourth-order valence-corrected chi connectivity index (χ4v) is 1.90. The number of rotatable bonds is 7. The van der Waals surface area contributed by atoms with Crippen LogP contribution in [0, 0.1) is 0 Å². The van der Waals surface area contributed by atoms with Crippen molar-refractivity contribution in [3.8, 4) is 0 Å². The third kappa shape index (κ3) is 4.72. The molecular weight excluding hydrogens is 272 g/mol. The molecule has 0 aliphatic carbocycles. The number of aliphatic carboxylic acids is 1. The van der Waals surface area contributed by atoms with Crippen molar-refractivity contribution in [3.05, 3.63) is 48.0 Å². The highest BCUT2D eigenvalue weighted by atomic mass is 16.4. The minimum absolute atomic E-state index is 0.160. The van der Waals surface area contributed by atoms with Crippen LogP contribution in [0.4, 0.5) is 0 Å². The molecule has 21 heavy (non-hydrogen) atoms. The first-order valence-corrected chi connectivity index (χ1v) is 6.55. The van der Waals surface area contributed by atoms with Gasteiger partial charge in [0.05, 0.1) is 0 Å². The first kappa shape index (κ1) is 14.7. The van der Waals surface area contributed by atoms with Crippen molar-refractivity contribution < 1.29 is 14.7 Å². The van der Waals surface area contributed by atoms with Crippen LogP contribution in [0.25, 0.3) is 0 Å². The van der Waals surface area contributed by atoms with Crippen molar-refractivity contribution in [2.75, 3.05) is 0 Å². The fraction of sp³-hybridized carbons (Fsp3) is 0.286. The van der Waals surface area contributed by atoms with Gasteiger partial charge in [0.25, 0.3) is 0 Å². The van der Waals surface area contributed by atoms with Crippen LogP contribution < -0.4 is 5.32 Å². The number of aromatic amines is 1. The lowest BCUT2D eigenvalue weighted by atomic mass is 10.1. The Bertz CT molecular complexity index is 584. The summed E-state index contributed by atoms with van der Waals surface area (Å²) in [4.78, 5) is 26.9. The molecule has 7 heteroatoms. The van der Waals surface area contributed by atoms with Crippen molar-refractivity contribution in [2.45, 2.75) is 25.3 Å². The molecule has 0 saturated heterocycles. The number of aromatic nitrogens is 3. The number of carboxylic acids is 1. The standard InChI is InChI=1S/C14H16N4O3/c19-13(7-6-12-15-9-16-18-12)17-11(14(20)21)8-10-4-2-1-3-5-10/h1-5,9,11H,6-8H2,(H,17,19)(H,20,21)(H,15,16,18)/t11-/m0/s1. The SMILES string of the molecule is O=C(CCc1ncn[nH]1)N[C@@H](Cc1ccccc1)C(=O)O. The van der Waals surface area contributed by atoms with E-state index in [-0.39, 0.29) is 18.7 Å². The maximum atomic E-state index is 11.8. The monoisotopic (exact) mass is 288 g/mol. The molecule has 1 amide bonds. The van der Waals surface area contributed by atoms with Crippen LogP contribution >= 0.6 is 0 Å². The molecule has 0 radical (unpaired) electrons. The second-order valence-electron chi connectivity index (χ2n) is 4.58. The average Bonchev–Trinajstić information content (AvgIpc) is 2.99. The highest BCUT2D eigenvalue weighted by Crippen LogP contribution is 2.04. The van der Waals surface area contributed by atoms with Gasteiger partial charge < -0.3 is 10.4 Å². The van der Waals surface area contributed by atoms with E-state index in [1.165, 1.54) is 6.33 Å². The quantitative estimate of drug-likeness (QED) is 0.689. The molecule has 0 aliphatic heterocycles. The number of carbonyl (C=O) groups excluding carboxylic acids is 1. The third-order valence-electron chi connectivity index (χ3n) is 2.97. The lowest BCUT2D eigenvalue weighted by Crippen LogP contribution is -2.42. The van der Waals surface area contributed by atoms with Gasteiger partial charge in [-0.05, 0) is 5.56 Å². The fourth-order valence-electron chi connectivity index (χ4n) is 1.90. The Balaban J connectivity index is 1.87. The average molecular weight is 288 g/mol. The maximum absolute atomic E-state index is 11.8. The number of hydrogen-bond donors (Lipinski definition) is 3. The van der Waals surface area contributed by atoms with Gasteiger partial charge in [-0.1, -0.05) is 30.3 Å². The summed E-state index contributed by atoms with van der Waals surface area (Å²) in [5, 5.41) is 18.1. The Morgan fingerprint density at radius 1 is 1.29 bits per heavy atom. The molecule has 0 fully saturated rings. The summed E-state index contributed by atoms with van der Waals surface area (Å²) in [6.45, 7) is 0. The third-order valence-corrected chi connectivity index (χ3v) is 2.97. The molecule has 0 unspecified atom stereocenters. The summed E-state index contributed by atoms with van der Waals surface area (Å²) in [6, 6.07) is 8.25. The minimum atomic E-state index is -1.05. The van der Waals surface area contributed by atoms with Crippen LogP contribution in [-0.4, -0.2) is 38.2 Å².